The van der Waals surface area contributed by atoms with Crippen molar-refractivity contribution in [1.82, 2.24) is 5.32 Å². The maximum atomic E-state index is 11.9. The first kappa shape index (κ1) is 15.6. The van der Waals surface area contributed by atoms with Gasteiger partial charge in [0.2, 0.25) is 5.91 Å². The summed E-state index contributed by atoms with van der Waals surface area (Å²) in [7, 11) is 0. The van der Waals surface area contributed by atoms with E-state index < -0.39 is 0 Å². The van der Waals surface area contributed by atoms with Gasteiger partial charge in [0.1, 0.15) is 12.4 Å². The molecule has 1 amide bonds. The molecular formula is C17H18BrNO2. The van der Waals surface area contributed by atoms with Gasteiger partial charge in [0.05, 0.1) is 13.0 Å². The minimum atomic E-state index is -0.00437. The fraction of sp³-hybridized carbons (Fsp3) is 0.235. The third kappa shape index (κ3) is 4.90. The zero-order valence-electron chi connectivity index (χ0n) is 11.9. The first-order valence-electron chi connectivity index (χ1n) is 6.85. The maximum Gasteiger partial charge on any atom is 0.224 e. The summed E-state index contributed by atoms with van der Waals surface area (Å²) in [6.45, 7) is 2.96. The quantitative estimate of drug-likeness (QED) is 0.812. The summed E-state index contributed by atoms with van der Waals surface area (Å²) in [5.41, 5.74) is 2.08. The summed E-state index contributed by atoms with van der Waals surface area (Å²) in [5, 5.41) is 2.86. The van der Waals surface area contributed by atoms with Crippen molar-refractivity contribution in [3.05, 3.63) is 64.1 Å². The fourth-order valence-corrected chi connectivity index (χ4v) is 2.37. The molecule has 0 aliphatic rings. The van der Waals surface area contributed by atoms with E-state index in [4.69, 9.17) is 4.74 Å². The lowest BCUT2D eigenvalue weighted by atomic mass is 10.1. The second kappa shape index (κ2) is 7.84. The van der Waals surface area contributed by atoms with Crippen molar-refractivity contribution in [2.45, 2.75) is 13.3 Å². The molecule has 4 heteroatoms. The number of benzene rings is 2. The number of halogens is 1. The number of carbonyl (C=O) groups is 1. The molecule has 0 aliphatic heterocycles. The molecule has 2 rings (SSSR count). The van der Waals surface area contributed by atoms with Crippen LogP contribution in [0.3, 0.4) is 0 Å². The van der Waals surface area contributed by atoms with Crippen molar-refractivity contribution >= 4 is 21.8 Å². The van der Waals surface area contributed by atoms with E-state index in [0.717, 1.165) is 21.3 Å². The highest BCUT2D eigenvalue weighted by Gasteiger charge is 2.05. The number of rotatable bonds is 6. The van der Waals surface area contributed by atoms with E-state index in [1.54, 1.807) is 0 Å². The van der Waals surface area contributed by atoms with Crippen LogP contribution in [-0.2, 0) is 11.2 Å². The number of hydrogen-bond acceptors (Lipinski definition) is 2. The Labute approximate surface area is 133 Å². The normalized spacial score (nSPS) is 10.2. The van der Waals surface area contributed by atoms with Gasteiger partial charge in [-0.25, -0.2) is 0 Å². The Balaban J connectivity index is 1.73. The Morgan fingerprint density at radius 2 is 1.86 bits per heavy atom. The summed E-state index contributed by atoms with van der Waals surface area (Å²) < 4.78 is 6.59. The molecule has 0 fully saturated rings. The molecule has 0 saturated heterocycles. The van der Waals surface area contributed by atoms with Gasteiger partial charge in [-0.3, -0.25) is 4.79 Å². The first-order chi connectivity index (χ1) is 10.2. The fourth-order valence-electron chi connectivity index (χ4n) is 1.95. The molecule has 1 N–H and O–H groups in total. The van der Waals surface area contributed by atoms with E-state index in [-0.39, 0.29) is 5.91 Å². The SMILES string of the molecule is Cc1ccccc1OCCNC(=O)Cc1ccccc1Br. The van der Waals surface area contributed by atoms with Crippen molar-refractivity contribution in [3.8, 4) is 5.75 Å². The molecule has 0 unspecified atom stereocenters. The number of nitrogens with one attached hydrogen (secondary N) is 1. The van der Waals surface area contributed by atoms with Crippen molar-refractivity contribution in [1.29, 1.82) is 0 Å². The maximum absolute atomic E-state index is 11.9. The highest BCUT2D eigenvalue weighted by Crippen LogP contribution is 2.16. The average molecular weight is 348 g/mol. The zero-order valence-corrected chi connectivity index (χ0v) is 13.5. The van der Waals surface area contributed by atoms with Crippen LogP contribution in [0.2, 0.25) is 0 Å². The smallest absolute Gasteiger partial charge is 0.224 e. The lowest BCUT2D eigenvalue weighted by Gasteiger charge is -2.10. The van der Waals surface area contributed by atoms with Crippen LogP contribution in [0, 0.1) is 6.92 Å². The second-order valence-corrected chi connectivity index (χ2v) is 5.59. The number of amides is 1. The van der Waals surface area contributed by atoms with E-state index in [1.807, 2.05) is 55.5 Å². The molecule has 0 radical (unpaired) electrons. The summed E-state index contributed by atoms with van der Waals surface area (Å²) >= 11 is 3.44. The van der Waals surface area contributed by atoms with Gasteiger partial charge in [-0.2, -0.15) is 0 Å². The van der Waals surface area contributed by atoms with Gasteiger partial charge in [0, 0.05) is 4.47 Å². The molecule has 2 aromatic carbocycles. The molecule has 0 atom stereocenters. The standard InChI is InChI=1S/C17H18BrNO2/c1-13-6-2-5-9-16(13)21-11-10-19-17(20)12-14-7-3-4-8-15(14)18/h2-9H,10-12H2,1H3,(H,19,20). The molecule has 0 spiro atoms. The van der Waals surface area contributed by atoms with E-state index in [1.165, 1.54) is 0 Å². The van der Waals surface area contributed by atoms with Gasteiger partial charge in [-0.15, -0.1) is 0 Å². The highest BCUT2D eigenvalue weighted by molar-refractivity contribution is 9.10. The number of para-hydroxylation sites is 1. The van der Waals surface area contributed by atoms with Gasteiger partial charge in [0.25, 0.3) is 0 Å². The van der Waals surface area contributed by atoms with Crippen molar-refractivity contribution in [3.63, 3.8) is 0 Å². The zero-order chi connectivity index (χ0) is 15.1. The van der Waals surface area contributed by atoms with Gasteiger partial charge in [0.15, 0.2) is 0 Å². The summed E-state index contributed by atoms with van der Waals surface area (Å²) in [6.07, 6.45) is 0.367. The van der Waals surface area contributed by atoms with E-state index in [2.05, 4.69) is 21.2 Å². The molecule has 0 bridgehead atoms. The van der Waals surface area contributed by atoms with Crippen molar-refractivity contribution < 1.29 is 9.53 Å². The van der Waals surface area contributed by atoms with Crippen LogP contribution in [0.1, 0.15) is 11.1 Å². The lowest BCUT2D eigenvalue weighted by Crippen LogP contribution is -2.29. The molecule has 0 saturated carbocycles. The third-order valence-corrected chi connectivity index (χ3v) is 3.86. The van der Waals surface area contributed by atoms with Crippen LogP contribution in [0.5, 0.6) is 5.75 Å². The van der Waals surface area contributed by atoms with Crippen LogP contribution in [0.25, 0.3) is 0 Å². The summed E-state index contributed by atoms with van der Waals surface area (Å²) in [6, 6.07) is 15.6. The monoisotopic (exact) mass is 347 g/mol. The minimum absolute atomic E-state index is 0.00437. The Bertz CT molecular complexity index is 613. The van der Waals surface area contributed by atoms with Crippen LogP contribution < -0.4 is 10.1 Å². The summed E-state index contributed by atoms with van der Waals surface area (Å²) in [5.74, 6) is 0.854. The van der Waals surface area contributed by atoms with Gasteiger partial charge in [-0.1, -0.05) is 52.3 Å². The molecule has 2 aromatic rings. The van der Waals surface area contributed by atoms with Crippen LogP contribution >= 0.6 is 15.9 Å². The van der Waals surface area contributed by atoms with Gasteiger partial charge < -0.3 is 10.1 Å². The van der Waals surface area contributed by atoms with Gasteiger partial charge in [-0.05, 0) is 30.2 Å². The van der Waals surface area contributed by atoms with Crippen LogP contribution in [0.4, 0.5) is 0 Å². The Morgan fingerprint density at radius 3 is 2.62 bits per heavy atom. The predicted molar refractivity (Wildman–Crippen MR) is 87.5 cm³/mol. The van der Waals surface area contributed by atoms with Gasteiger partial charge >= 0.3 is 0 Å². The molecule has 3 nitrogen and oxygen atoms in total. The molecule has 0 aromatic heterocycles. The Morgan fingerprint density at radius 1 is 1.14 bits per heavy atom. The molecular weight excluding hydrogens is 330 g/mol. The van der Waals surface area contributed by atoms with E-state index in [9.17, 15) is 4.79 Å². The molecule has 21 heavy (non-hydrogen) atoms. The number of carbonyl (C=O) groups excluding carboxylic acids is 1. The lowest BCUT2D eigenvalue weighted by molar-refractivity contribution is -0.120. The molecule has 0 aliphatic carbocycles. The number of hydrogen-bond donors (Lipinski definition) is 1. The summed E-state index contributed by atoms with van der Waals surface area (Å²) in [4.78, 5) is 11.9. The molecule has 110 valence electrons. The van der Waals surface area contributed by atoms with E-state index in [0.29, 0.717) is 19.6 Å². The van der Waals surface area contributed by atoms with E-state index >= 15 is 0 Å². The highest BCUT2D eigenvalue weighted by atomic mass is 79.9. The van der Waals surface area contributed by atoms with Crippen LogP contribution in [-0.4, -0.2) is 19.1 Å². The largest absolute Gasteiger partial charge is 0.491 e. The topological polar surface area (TPSA) is 38.3 Å². The van der Waals surface area contributed by atoms with Crippen molar-refractivity contribution in [2.24, 2.45) is 0 Å². The first-order valence-corrected chi connectivity index (χ1v) is 7.64. The average Bonchev–Trinajstić information content (AvgIpc) is 2.48. The second-order valence-electron chi connectivity index (χ2n) is 4.73. The molecule has 0 heterocycles. The third-order valence-electron chi connectivity index (χ3n) is 3.08. The van der Waals surface area contributed by atoms with Crippen LogP contribution in [0.15, 0.2) is 53.0 Å². The Kier molecular flexibility index (Phi) is 5.81. The Hall–Kier alpha value is -1.81. The predicted octanol–water partition coefficient (Wildman–Crippen LogP) is 3.50. The number of ether oxygens (including phenoxy) is 1. The minimum Gasteiger partial charge on any atom is -0.491 e. The van der Waals surface area contributed by atoms with Crippen molar-refractivity contribution in [2.75, 3.05) is 13.2 Å². The number of aryl methyl sites for hydroxylation is 1.